The molecule has 0 aliphatic heterocycles. The van der Waals surface area contributed by atoms with E-state index in [1.807, 2.05) is 12.1 Å². The maximum absolute atomic E-state index is 12.9. The number of benzene rings is 2. The van der Waals surface area contributed by atoms with Gasteiger partial charge in [0.15, 0.2) is 11.5 Å². The number of hydrogen-bond donors (Lipinski definition) is 1. The lowest BCUT2D eigenvalue weighted by atomic mass is 9.67. The van der Waals surface area contributed by atoms with Gasteiger partial charge in [0.2, 0.25) is 0 Å². The summed E-state index contributed by atoms with van der Waals surface area (Å²) in [5.74, 6) is 1.66. The van der Waals surface area contributed by atoms with Gasteiger partial charge < -0.3 is 14.8 Å². The summed E-state index contributed by atoms with van der Waals surface area (Å²) in [7, 11) is 3.13. The molecule has 3 rings (SSSR count). The molecule has 0 unspecified atom stereocenters. The molecule has 0 heterocycles. The highest BCUT2D eigenvalue weighted by atomic mass is 16.5. The minimum Gasteiger partial charge on any atom is -0.493 e. The molecule has 1 N–H and O–H groups in total. The lowest BCUT2D eigenvalue weighted by Gasteiger charge is -2.40. The minimum absolute atomic E-state index is 0.00443. The lowest BCUT2D eigenvalue weighted by Crippen LogP contribution is -2.43. The van der Waals surface area contributed by atoms with Crippen LogP contribution in [0.4, 0.5) is 0 Å². The van der Waals surface area contributed by atoms with Crippen molar-refractivity contribution in [1.29, 1.82) is 0 Å². The van der Waals surface area contributed by atoms with Crippen LogP contribution in [-0.2, 0) is 5.41 Å². The number of nitrogens with one attached hydrogen (secondary N) is 1. The first-order valence-electron chi connectivity index (χ1n) is 9.64. The number of methoxy groups -OCH3 is 2. The molecule has 0 saturated heterocycles. The molecule has 1 aliphatic carbocycles. The molecule has 27 heavy (non-hydrogen) atoms. The van der Waals surface area contributed by atoms with E-state index in [1.54, 1.807) is 26.4 Å². The second-order valence-electron chi connectivity index (χ2n) is 7.55. The Hall–Kier alpha value is -2.49. The summed E-state index contributed by atoms with van der Waals surface area (Å²) in [4.78, 5) is 12.9. The van der Waals surface area contributed by atoms with Gasteiger partial charge in [-0.2, -0.15) is 0 Å². The summed E-state index contributed by atoms with van der Waals surface area (Å²) in [5.41, 5.74) is 1.81. The van der Waals surface area contributed by atoms with Gasteiger partial charge >= 0.3 is 0 Å². The molecule has 0 spiro atoms. The third kappa shape index (κ3) is 4.10. The topological polar surface area (TPSA) is 47.6 Å². The molecule has 4 nitrogen and oxygen atoms in total. The zero-order valence-corrected chi connectivity index (χ0v) is 16.5. The molecule has 1 aliphatic rings. The molecule has 0 radical (unpaired) electrons. The van der Waals surface area contributed by atoms with E-state index in [1.165, 1.54) is 18.4 Å². The van der Waals surface area contributed by atoms with Crippen molar-refractivity contribution in [2.45, 2.75) is 38.0 Å². The summed E-state index contributed by atoms with van der Waals surface area (Å²) >= 11 is 0. The summed E-state index contributed by atoms with van der Waals surface area (Å²) in [5, 5.41) is 3.17. The van der Waals surface area contributed by atoms with Crippen LogP contribution >= 0.6 is 0 Å². The molecule has 0 bridgehead atoms. The van der Waals surface area contributed by atoms with Crippen LogP contribution in [0.25, 0.3) is 0 Å². The fourth-order valence-electron chi connectivity index (χ4n) is 4.08. The van der Waals surface area contributed by atoms with E-state index in [0.717, 1.165) is 18.8 Å². The van der Waals surface area contributed by atoms with E-state index in [0.29, 0.717) is 23.6 Å². The number of hydrogen-bond acceptors (Lipinski definition) is 3. The summed E-state index contributed by atoms with van der Waals surface area (Å²) in [6.45, 7) is 2.94. The van der Waals surface area contributed by atoms with Gasteiger partial charge in [0.05, 0.1) is 19.8 Å². The van der Waals surface area contributed by atoms with Crippen LogP contribution in [0.15, 0.2) is 48.5 Å². The summed E-state index contributed by atoms with van der Waals surface area (Å²) in [6, 6.07) is 16.0. The predicted octanol–water partition coefficient (Wildman–Crippen LogP) is 4.58. The van der Waals surface area contributed by atoms with Crippen molar-refractivity contribution < 1.29 is 14.3 Å². The first-order valence-corrected chi connectivity index (χ1v) is 9.64. The molecular weight excluding hydrogens is 338 g/mol. The Kier molecular flexibility index (Phi) is 6.04. The predicted molar refractivity (Wildman–Crippen MR) is 108 cm³/mol. The zero-order chi connectivity index (χ0) is 19.3. The van der Waals surface area contributed by atoms with Crippen molar-refractivity contribution in [2.75, 3.05) is 20.8 Å². The average molecular weight is 367 g/mol. The van der Waals surface area contributed by atoms with Crippen LogP contribution in [0.1, 0.15) is 48.5 Å². The van der Waals surface area contributed by atoms with Gasteiger partial charge in [0.25, 0.3) is 5.91 Å². The molecule has 1 amide bonds. The summed E-state index contributed by atoms with van der Waals surface area (Å²) < 4.78 is 10.7. The van der Waals surface area contributed by atoms with Gasteiger partial charge in [-0.15, -0.1) is 0 Å². The molecule has 2 aromatic rings. The van der Waals surface area contributed by atoms with Gasteiger partial charge in [-0.25, -0.2) is 0 Å². The molecule has 2 aromatic carbocycles. The molecule has 1 saturated carbocycles. The molecule has 144 valence electrons. The first kappa shape index (κ1) is 19.3. The fourth-order valence-corrected chi connectivity index (χ4v) is 4.08. The largest absolute Gasteiger partial charge is 0.493 e. The number of rotatable bonds is 6. The number of para-hydroxylation sites is 1. The number of carbonyl (C=O) groups is 1. The number of carbonyl (C=O) groups excluding carboxylic acids is 1. The third-order valence-corrected chi connectivity index (χ3v) is 5.85. The van der Waals surface area contributed by atoms with E-state index in [-0.39, 0.29) is 11.3 Å². The quantitative estimate of drug-likeness (QED) is 0.813. The van der Waals surface area contributed by atoms with E-state index in [2.05, 4.69) is 36.5 Å². The van der Waals surface area contributed by atoms with Crippen LogP contribution in [0.2, 0.25) is 0 Å². The van der Waals surface area contributed by atoms with Gasteiger partial charge in [0.1, 0.15) is 0 Å². The van der Waals surface area contributed by atoms with Crippen LogP contribution in [0.5, 0.6) is 11.5 Å². The third-order valence-electron chi connectivity index (χ3n) is 5.85. The Morgan fingerprint density at radius 1 is 1.04 bits per heavy atom. The van der Waals surface area contributed by atoms with Crippen LogP contribution < -0.4 is 14.8 Å². The summed E-state index contributed by atoms with van der Waals surface area (Å²) in [6.07, 6.45) is 4.56. The van der Waals surface area contributed by atoms with Crippen LogP contribution in [0, 0.1) is 5.92 Å². The van der Waals surface area contributed by atoms with Gasteiger partial charge in [-0.3, -0.25) is 4.79 Å². The van der Waals surface area contributed by atoms with Crippen molar-refractivity contribution in [3.63, 3.8) is 0 Å². The highest BCUT2D eigenvalue weighted by molar-refractivity contribution is 5.97. The molecular formula is C23H29NO3. The second-order valence-corrected chi connectivity index (χ2v) is 7.55. The monoisotopic (exact) mass is 367 g/mol. The van der Waals surface area contributed by atoms with Crippen molar-refractivity contribution >= 4 is 5.91 Å². The minimum atomic E-state index is -0.125. The van der Waals surface area contributed by atoms with E-state index in [9.17, 15) is 4.79 Å². The van der Waals surface area contributed by atoms with Crippen molar-refractivity contribution in [3.05, 3.63) is 59.7 Å². The van der Waals surface area contributed by atoms with Gasteiger partial charge in [-0.05, 0) is 49.3 Å². The smallest absolute Gasteiger partial charge is 0.255 e. The van der Waals surface area contributed by atoms with Crippen molar-refractivity contribution in [1.82, 2.24) is 5.32 Å². The van der Waals surface area contributed by atoms with E-state index in [4.69, 9.17) is 9.47 Å². The maximum Gasteiger partial charge on any atom is 0.255 e. The SMILES string of the molecule is COc1cccc(C(=O)NCC2(c3ccccc3)CCC(C)CC2)c1OC. The lowest BCUT2D eigenvalue weighted by molar-refractivity contribution is 0.0929. The highest BCUT2D eigenvalue weighted by Crippen LogP contribution is 2.41. The Balaban J connectivity index is 1.81. The molecule has 1 fully saturated rings. The van der Waals surface area contributed by atoms with Crippen molar-refractivity contribution in [2.24, 2.45) is 5.92 Å². The fraction of sp³-hybridized carbons (Fsp3) is 0.435. The van der Waals surface area contributed by atoms with Crippen LogP contribution in [0.3, 0.4) is 0 Å². The molecule has 4 heteroatoms. The van der Waals surface area contributed by atoms with Gasteiger partial charge in [-0.1, -0.05) is 43.3 Å². The molecule has 0 atom stereocenters. The van der Waals surface area contributed by atoms with E-state index >= 15 is 0 Å². The van der Waals surface area contributed by atoms with Crippen LogP contribution in [-0.4, -0.2) is 26.7 Å². The second kappa shape index (κ2) is 8.47. The van der Waals surface area contributed by atoms with Gasteiger partial charge in [0, 0.05) is 12.0 Å². The van der Waals surface area contributed by atoms with E-state index < -0.39 is 0 Å². The van der Waals surface area contributed by atoms with Crippen molar-refractivity contribution in [3.8, 4) is 11.5 Å². The Morgan fingerprint density at radius 3 is 2.37 bits per heavy atom. The maximum atomic E-state index is 12.9. The highest BCUT2D eigenvalue weighted by Gasteiger charge is 2.36. The Morgan fingerprint density at radius 2 is 1.74 bits per heavy atom. The average Bonchev–Trinajstić information content (AvgIpc) is 2.73. The normalized spacial score (nSPS) is 22.1. The molecule has 0 aromatic heterocycles. The Bertz CT molecular complexity index is 764. The standard InChI is InChI=1S/C23H29NO3/c1-17-12-14-23(15-13-17,18-8-5-4-6-9-18)16-24-22(25)19-10-7-11-20(26-2)21(19)27-3/h4-11,17H,12-16H2,1-3H3,(H,24,25). The zero-order valence-electron chi connectivity index (χ0n) is 16.5. The number of ether oxygens (including phenoxy) is 2. The first-order chi connectivity index (χ1) is 13.1. The number of amides is 1. The Labute approximate surface area is 161 Å².